The maximum atomic E-state index is 12.6. The van der Waals surface area contributed by atoms with E-state index in [9.17, 15) is 18.0 Å². The van der Waals surface area contributed by atoms with Crippen LogP contribution in [0, 0.1) is 6.92 Å². The van der Waals surface area contributed by atoms with E-state index in [0.29, 0.717) is 5.13 Å². The SMILES string of the molecule is Cc1ccc(S(=O)(=O)N(C)CC(=O)O[C@H](C)C(=O)Nc2nc(-c3ccccc3)cs2)cc1. The summed E-state index contributed by atoms with van der Waals surface area (Å²) < 4.78 is 31.2. The maximum Gasteiger partial charge on any atom is 0.322 e. The van der Waals surface area contributed by atoms with Crippen LogP contribution in [0.1, 0.15) is 12.5 Å². The van der Waals surface area contributed by atoms with Crippen molar-refractivity contribution >= 4 is 38.4 Å². The van der Waals surface area contributed by atoms with Gasteiger partial charge in [-0.15, -0.1) is 11.3 Å². The van der Waals surface area contributed by atoms with Crippen LogP contribution in [0.3, 0.4) is 0 Å². The first kappa shape index (κ1) is 23.6. The highest BCUT2D eigenvalue weighted by atomic mass is 32.2. The number of carbonyl (C=O) groups excluding carboxylic acids is 2. The van der Waals surface area contributed by atoms with Crippen LogP contribution in [0.2, 0.25) is 0 Å². The molecule has 168 valence electrons. The summed E-state index contributed by atoms with van der Waals surface area (Å²) in [6.45, 7) is 2.73. The van der Waals surface area contributed by atoms with E-state index in [-0.39, 0.29) is 4.90 Å². The second-order valence-electron chi connectivity index (χ2n) is 7.10. The molecule has 8 nitrogen and oxygen atoms in total. The van der Waals surface area contributed by atoms with Crippen molar-refractivity contribution in [3.05, 3.63) is 65.5 Å². The summed E-state index contributed by atoms with van der Waals surface area (Å²) in [5.41, 5.74) is 2.56. The standard InChI is InChI=1S/C22H23N3O5S2/c1-15-9-11-18(12-10-15)32(28,29)25(3)13-20(26)30-16(2)21(27)24-22-23-19(14-31-22)17-7-5-4-6-8-17/h4-12,14,16H,13H2,1-3H3,(H,23,24,27)/t16-/m1/s1. The number of aromatic nitrogens is 1. The summed E-state index contributed by atoms with van der Waals surface area (Å²) >= 11 is 1.25. The van der Waals surface area contributed by atoms with Crippen molar-refractivity contribution in [1.82, 2.24) is 9.29 Å². The first-order valence-electron chi connectivity index (χ1n) is 9.71. The second-order valence-corrected chi connectivity index (χ2v) is 10.0. The van der Waals surface area contributed by atoms with Gasteiger partial charge in [-0.05, 0) is 26.0 Å². The van der Waals surface area contributed by atoms with Crippen molar-refractivity contribution in [2.45, 2.75) is 24.8 Å². The fourth-order valence-corrected chi connectivity index (χ4v) is 4.56. The van der Waals surface area contributed by atoms with Crippen LogP contribution < -0.4 is 5.32 Å². The van der Waals surface area contributed by atoms with Crippen LogP contribution in [0.5, 0.6) is 0 Å². The average Bonchev–Trinajstić information content (AvgIpc) is 3.23. The van der Waals surface area contributed by atoms with Crippen molar-refractivity contribution in [1.29, 1.82) is 0 Å². The molecule has 0 aliphatic rings. The Morgan fingerprint density at radius 1 is 1.12 bits per heavy atom. The Bertz CT molecular complexity index is 1190. The van der Waals surface area contributed by atoms with Gasteiger partial charge < -0.3 is 4.74 Å². The summed E-state index contributed by atoms with van der Waals surface area (Å²) in [6, 6.07) is 15.8. The topological polar surface area (TPSA) is 106 Å². The number of nitrogens with zero attached hydrogens (tertiary/aromatic N) is 2. The summed E-state index contributed by atoms with van der Waals surface area (Å²) in [7, 11) is -2.58. The van der Waals surface area contributed by atoms with Gasteiger partial charge in [-0.2, -0.15) is 4.31 Å². The van der Waals surface area contributed by atoms with Gasteiger partial charge in [0.05, 0.1) is 10.6 Å². The van der Waals surface area contributed by atoms with Crippen molar-refractivity contribution < 1.29 is 22.7 Å². The summed E-state index contributed by atoms with van der Waals surface area (Å²) in [5, 5.41) is 4.79. The van der Waals surface area contributed by atoms with Gasteiger partial charge in [-0.25, -0.2) is 13.4 Å². The Balaban J connectivity index is 1.55. The molecule has 3 rings (SSSR count). The maximum absolute atomic E-state index is 12.6. The lowest BCUT2D eigenvalue weighted by molar-refractivity contribution is -0.153. The molecule has 0 saturated heterocycles. The molecule has 10 heteroatoms. The molecule has 3 aromatic rings. The first-order chi connectivity index (χ1) is 15.2. The highest BCUT2D eigenvalue weighted by Crippen LogP contribution is 2.24. The number of amides is 1. The first-order valence-corrected chi connectivity index (χ1v) is 12.0. The zero-order valence-corrected chi connectivity index (χ0v) is 19.4. The van der Waals surface area contributed by atoms with Gasteiger partial charge in [0.2, 0.25) is 10.0 Å². The number of likely N-dealkylation sites (N-methyl/N-ethyl adjacent to an activating group) is 1. The lowest BCUT2D eigenvalue weighted by Gasteiger charge is -2.18. The number of carbonyl (C=O) groups is 2. The van der Waals surface area contributed by atoms with Crippen LogP contribution in [-0.4, -0.2) is 49.3 Å². The average molecular weight is 474 g/mol. The molecule has 1 amide bonds. The molecular formula is C22H23N3O5S2. The predicted octanol–water partition coefficient (Wildman–Crippen LogP) is 3.31. The van der Waals surface area contributed by atoms with Gasteiger partial charge in [0, 0.05) is 18.0 Å². The molecule has 0 bridgehead atoms. The van der Waals surface area contributed by atoms with Crippen LogP contribution in [-0.2, 0) is 24.3 Å². The Kier molecular flexibility index (Phi) is 7.39. The number of rotatable bonds is 8. The van der Waals surface area contributed by atoms with Crippen LogP contribution in [0.25, 0.3) is 11.3 Å². The Morgan fingerprint density at radius 2 is 1.78 bits per heavy atom. The van der Waals surface area contributed by atoms with E-state index < -0.39 is 34.5 Å². The summed E-state index contributed by atoms with van der Waals surface area (Å²) in [5.74, 6) is -1.40. The molecule has 0 unspecified atom stereocenters. The molecule has 1 N–H and O–H groups in total. The van der Waals surface area contributed by atoms with Gasteiger partial charge in [-0.1, -0.05) is 48.0 Å². The van der Waals surface area contributed by atoms with E-state index in [1.54, 1.807) is 12.1 Å². The number of benzene rings is 2. The minimum absolute atomic E-state index is 0.0715. The molecule has 32 heavy (non-hydrogen) atoms. The minimum atomic E-state index is -3.86. The van der Waals surface area contributed by atoms with E-state index in [2.05, 4.69) is 10.3 Å². The van der Waals surface area contributed by atoms with E-state index in [0.717, 1.165) is 21.1 Å². The largest absolute Gasteiger partial charge is 0.452 e. The third kappa shape index (κ3) is 5.78. The molecule has 0 aliphatic carbocycles. The number of nitrogens with one attached hydrogen (secondary N) is 1. The quantitative estimate of drug-likeness (QED) is 0.503. The lowest BCUT2D eigenvalue weighted by Crippen LogP contribution is -2.37. The third-order valence-electron chi connectivity index (χ3n) is 4.56. The smallest absolute Gasteiger partial charge is 0.322 e. The molecule has 0 spiro atoms. The highest BCUT2D eigenvalue weighted by Gasteiger charge is 2.26. The van der Waals surface area contributed by atoms with Crippen LogP contribution in [0.4, 0.5) is 5.13 Å². The normalized spacial score (nSPS) is 12.4. The Hall–Kier alpha value is -3.08. The zero-order valence-electron chi connectivity index (χ0n) is 17.8. The van der Waals surface area contributed by atoms with Gasteiger partial charge in [-0.3, -0.25) is 14.9 Å². The molecule has 1 atom stereocenters. The molecule has 0 saturated carbocycles. The molecule has 1 aromatic heterocycles. The predicted molar refractivity (Wildman–Crippen MR) is 123 cm³/mol. The van der Waals surface area contributed by atoms with Gasteiger partial charge in [0.1, 0.15) is 6.54 Å². The molecule has 0 fully saturated rings. The molecule has 1 heterocycles. The van der Waals surface area contributed by atoms with Crippen molar-refractivity contribution in [2.75, 3.05) is 18.9 Å². The Labute approximate surface area is 190 Å². The number of sulfonamides is 1. The lowest BCUT2D eigenvalue weighted by atomic mass is 10.2. The molecular weight excluding hydrogens is 450 g/mol. The fourth-order valence-electron chi connectivity index (χ4n) is 2.72. The van der Waals surface area contributed by atoms with Crippen molar-refractivity contribution in [2.24, 2.45) is 0 Å². The van der Waals surface area contributed by atoms with E-state index >= 15 is 0 Å². The van der Waals surface area contributed by atoms with Gasteiger partial charge >= 0.3 is 5.97 Å². The highest BCUT2D eigenvalue weighted by molar-refractivity contribution is 7.89. The van der Waals surface area contributed by atoms with Crippen LogP contribution >= 0.6 is 11.3 Å². The molecule has 0 aliphatic heterocycles. The van der Waals surface area contributed by atoms with Crippen molar-refractivity contribution in [3.63, 3.8) is 0 Å². The number of hydrogen-bond donors (Lipinski definition) is 1. The van der Waals surface area contributed by atoms with Gasteiger partial charge in [0.25, 0.3) is 5.91 Å². The van der Waals surface area contributed by atoms with E-state index in [1.807, 2.05) is 42.6 Å². The third-order valence-corrected chi connectivity index (χ3v) is 7.14. The summed E-state index contributed by atoms with van der Waals surface area (Å²) in [6.07, 6.45) is -1.12. The van der Waals surface area contributed by atoms with Crippen LogP contribution in [0.15, 0.2) is 64.9 Å². The Morgan fingerprint density at radius 3 is 2.44 bits per heavy atom. The second kappa shape index (κ2) is 10.0. The number of aryl methyl sites for hydroxylation is 1. The number of hydrogen-bond acceptors (Lipinski definition) is 7. The minimum Gasteiger partial charge on any atom is -0.452 e. The molecule has 2 aromatic carbocycles. The zero-order chi connectivity index (χ0) is 23.3. The number of esters is 1. The number of anilines is 1. The molecule has 0 radical (unpaired) electrons. The number of thiazole rings is 1. The van der Waals surface area contributed by atoms with Crippen molar-refractivity contribution in [3.8, 4) is 11.3 Å². The van der Waals surface area contributed by atoms with Gasteiger partial charge in [0.15, 0.2) is 11.2 Å². The van der Waals surface area contributed by atoms with E-state index in [4.69, 9.17) is 4.74 Å². The van der Waals surface area contributed by atoms with E-state index in [1.165, 1.54) is 37.4 Å². The monoisotopic (exact) mass is 473 g/mol. The summed E-state index contributed by atoms with van der Waals surface area (Å²) in [4.78, 5) is 29.0. The number of ether oxygens (including phenoxy) is 1. The fraction of sp³-hybridized carbons (Fsp3) is 0.227.